The molecule has 10 nitrogen and oxygen atoms in total. The van der Waals surface area contributed by atoms with Gasteiger partial charge in [-0.15, -0.1) is 0 Å². The minimum Gasteiger partial charge on any atom is -0.369 e. The lowest BCUT2D eigenvalue weighted by molar-refractivity contribution is 0.00990. The second-order valence-electron chi connectivity index (χ2n) is 5.69. The van der Waals surface area contributed by atoms with E-state index in [9.17, 15) is 9.36 Å². The highest BCUT2D eigenvalue weighted by Crippen LogP contribution is 2.60. The van der Waals surface area contributed by atoms with Crippen LogP contribution in [0.1, 0.15) is 27.7 Å². The van der Waals surface area contributed by atoms with Crippen LogP contribution >= 0.6 is 7.60 Å². The maximum Gasteiger partial charge on any atom is 0.361 e. The summed E-state index contributed by atoms with van der Waals surface area (Å²) in [5.41, 5.74) is 5.72. The molecule has 2 rings (SSSR count). The number of aromatic amines is 1. The highest BCUT2D eigenvalue weighted by molar-refractivity contribution is 7.55. The molecule has 25 heavy (non-hydrogen) atoms. The molecule has 2 heterocycles. The molecule has 3 N–H and O–H groups in total. The van der Waals surface area contributed by atoms with Gasteiger partial charge in [-0.25, -0.2) is 4.98 Å². The van der Waals surface area contributed by atoms with Gasteiger partial charge in [-0.2, -0.15) is 4.98 Å². The third-order valence-electron chi connectivity index (χ3n) is 3.54. The number of rotatable bonds is 9. The molecule has 0 radical (unpaired) electrons. The smallest absolute Gasteiger partial charge is 0.361 e. The van der Waals surface area contributed by atoms with Gasteiger partial charge in [-0.3, -0.25) is 14.3 Å². The summed E-state index contributed by atoms with van der Waals surface area (Å²) in [5.74, 6) is 0.0118. The van der Waals surface area contributed by atoms with Gasteiger partial charge in [0.05, 0.1) is 26.1 Å². The highest BCUT2D eigenvalue weighted by atomic mass is 31.2. The first-order valence-electron chi connectivity index (χ1n) is 7.98. The van der Waals surface area contributed by atoms with Crippen LogP contribution in [-0.2, 0) is 24.9 Å². The highest BCUT2D eigenvalue weighted by Gasteiger charge is 2.44. The number of nitrogens with one attached hydrogen (secondary N) is 1. The van der Waals surface area contributed by atoms with Crippen molar-refractivity contribution in [2.24, 2.45) is 0 Å². The first-order valence-corrected chi connectivity index (χ1v) is 9.52. The molecule has 0 aliphatic heterocycles. The Morgan fingerprint density at radius 3 is 2.56 bits per heavy atom. The molecule has 0 fully saturated rings. The van der Waals surface area contributed by atoms with Crippen molar-refractivity contribution in [3.05, 3.63) is 16.7 Å². The van der Waals surface area contributed by atoms with Gasteiger partial charge in [0.1, 0.15) is 0 Å². The number of hydrogen-bond donors (Lipinski definition) is 2. The van der Waals surface area contributed by atoms with Crippen LogP contribution in [-0.4, -0.2) is 44.7 Å². The van der Waals surface area contributed by atoms with E-state index in [1.807, 2.05) is 0 Å². The molecule has 11 heteroatoms. The summed E-state index contributed by atoms with van der Waals surface area (Å²) < 4.78 is 31.0. The topological polar surface area (TPSA) is 134 Å². The van der Waals surface area contributed by atoms with Crippen molar-refractivity contribution in [1.29, 1.82) is 0 Å². The molecule has 2 aromatic heterocycles. The number of aromatic nitrogens is 4. The van der Waals surface area contributed by atoms with Gasteiger partial charge in [-0.1, -0.05) is 0 Å². The molecular weight excluding hydrogens is 349 g/mol. The Kier molecular flexibility index (Phi) is 5.99. The van der Waals surface area contributed by atoms with E-state index in [0.29, 0.717) is 12.2 Å². The summed E-state index contributed by atoms with van der Waals surface area (Å²) >= 11 is 0. The Hall–Kier alpha value is -1.74. The van der Waals surface area contributed by atoms with Crippen molar-refractivity contribution in [2.75, 3.05) is 25.6 Å². The van der Waals surface area contributed by atoms with Gasteiger partial charge in [0.25, 0.3) is 5.56 Å². The van der Waals surface area contributed by atoms with E-state index in [1.54, 1.807) is 32.3 Å². The molecule has 0 aromatic carbocycles. The van der Waals surface area contributed by atoms with Crippen molar-refractivity contribution in [1.82, 2.24) is 19.5 Å². The predicted molar refractivity (Wildman–Crippen MR) is 93.5 cm³/mol. The van der Waals surface area contributed by atoms with Crippen molar-refractivity contribution in [2.45, 2.75) is 39.6 Å². The molecule has 0 spiro atoms. The molecule has 0 saturated heterocycles. The molecule has 0 aliphatic rings. The number of nitrogens with two attached hydrogens (primary N) is 1. The Labute approximate surface area is 145 Å². The lowest BCUT2D eigenvalue weighted by Crippen LogP contribution is -2.29. The largest absolute Gasteiger partial charge is 0.369 e. The van der Waals surface area contributed by atoms with E-state index in [-0.39, 0.29) is 31.3 Å². The Bertz CT molecular complexity index is 821. The third kappa shape index (κ3) is 4.09. The quantitative estimate of drug-likeness (QED) is 0.635. The fourth-order valence-electron chi connectivity index (χ4n) is 2.30. The maximum absolute atomic E-state index is 12.9. The van der Waals surface area contributed by atoms with E-state index >= 15 is 0 Å². The van der Waals surface area contributed by atoms with Gasteiger partial charge in [0.15, 0.2) is 16.5 Å². The Balaban J connectivity index is 2.12. The second-order valence-corrected chi connectivity index (χ2v) is 8.28. The molecule has 140 valence electrons. The molecule has 0 aliphatic carbocycles. The average Bonchev–Trinajstić information content (AvgIpc) is 2.91. The Morgan fingerprint density at radius 2 is 1.96 bits per heavy atom. The second kappa shape index (κ2) is 7.65. The number of ether oxygens (including phenoxy) is 1. The van der Waals surface area contributed by atoms with Crippen molar-refractivity contribution >= 4 is 24.7 Å². The number of anilines is 1. The third-order valence-corrected chi connectivity index (χ3v) is 6.18. The van der Waals surface area contributed by atoms with Crippen molar-refractivity contribution in [3.8, 4) is 0 Å². The van der Waals surface area contributed by atoms with Crippen LogP contribution in [0.2, 0.25) is 0 Å². The van der Waals surface area contributed by atoms with Gasteiger partial charge in [0.2, 0.25) is 5.95 Å². The summed E-state index contributed by atoms with van der Waals surface area (Å²) in [5, 5.41) is -1.13. The number of H-pyrrole nitrogens is 1. The summed E-state index contributed by atoms with van der Waals surface area (Å²) in [6, 6.07) is 0. The van der Waals surface area contributed by atoms with Crippen molar-refractivity contribution in [3.63, 3.8) is 0 Å². The van der Waals surface area contributed by atoms with Gasteiger partial charge in [-0.05, 0) is 27.7 Å². The van der Waals surface area contributed by atoms with E-state index in [2.05, 4.69) is 15.0 Å². The van der Waals surface area contributed by atoms with E-state index < -0.39 is 18.5 Å². The minimum absolute atomic E-state index is 0.0118. The minimum atomic E-state index is -3.43. The molecule has 0 bridgehead atoms. The zero-order chi connectivity index (χ0) is 18.7. The number of nitrogen functional groups attached to an aromatic ring is 1. The monoisotopic (exact) mass is 373 g/mol. The SMILES string of the molecule is CCOP(=O)(OCC)C(C)(C)OCCn1cnc2c(=O)[nH]c(N)nc21. The maximum atomic E-state index is 12.9. The predicted octanol–water partition coefficient (Wildman–Crippen LogP) is 1.72. The standard InChI is InChI=1S/C14H24N5O5P/c1-5-23-25(21,24-6-2)14(3,4)22-8-7-19-9-16-10-11(19)17-13(15)18-12(10)20/h9H,5-8H2,1-4H3,(H3,15,17,18,20). The van der Waals surface area contributed by atoms with Gasteiger partial charge >= 0.3 is 7.60 Å². The number of nitrogens with zero attached hydrogens (tertiary/aromatic N) is 3. The average molecular weight is 373 g/mol. The van der Waals surface area contributed by atoms with Crippen LogP contribution in [0.4, 0.5) is 5.95 Å². The van der Waals surface area contributed by atoms with E-state index in [0.717, 1.165) is 0 Å². The zero-order valence-corrected chi connectivity index (χ0v) is 15.7. The molecule has 0 amide bonds. The fourth-order valence-corrected chi connectivity index (χ4v) is 3.92. The summed E-state index contributed by atoms with van der Waals surface area (Å²) in [6.45, 7) is 7.84. The normalized spacial score (nSPS) is 12.8. The van der Waals surface area contributed by atoms with Gasteiger partial charge in [0, 0.05) is 6.54 Å². The number of imidazole rings is 1. The zero-order valence-electron chi connectivity index (χ0n) is 14.8. The first-order chi connectivity index (χ1) is 11.7. The van der Waals surface area contributed by atoms with Crippen LogP contribution in [0.5, 0.6) is 0 Å². The lowest BCUT2D eigenvalue weighted by Gasteiger charge is -2.32. The van der Waals surface area contributed by atoms with Crippen LogP contribution in [0.15, 0.2) is 11.1 Å². The molecule has 2 aromatic rings. The van der Waals surface area contributed by atoms with Crippen LogP contribution in [0.25, 0.3) is 11.2 Å². The fraction of sp³-hybridized carbons (Fsp3) is 0.643. The molecule has 0 atom stereocenters. The Morgan fingerprint density at radius 1 is 1.32 bits per heavy atom. The summed E-state index contributed by atoms with van der Waals surface area (Å²) in [4.78, 5) is 22.3. The lowest BCUT2D eigenvalue weighted by atomic mass is 10.4. The van der Waals surface area contributed by atoms with E-state index in [4.69, 9.17) is 19.5 Å². The van der Waals surface area contributed by atoms with Crippen molar-refractivity contribution < 1.29 is 18.3 Å². The van der Waals surface area contributed by atoms with Crippen LogP contribution < -0.4 is 11.3 Å². The molecule has 0 saturated carbocycles. The van der Waals surface area contributed by atoms with Gasteiger partial charge < -0.3 is 24.1 Å². The summed E-state index contributed by atoms with van der Waals surface area (Å²) in [6.07, 6.45) is 1.48. The molecular formula is C14H24N5O5P. The van der Waals surface area contributed by atoms with Crippen LogP contribution in [0.3, 0.4) is 0 Å². The first kappa shape index (κ1) is 19.6. The molecule has 0 unspecified atom stereocenters. The number of fused-ring (bicyclic) bond motifs is 1. The summed E-state index contributed by atoms with van der Waals surface area (Å²) in [7, 11) is -3.43. The van der Waals surface area contributed by atoms with Crippen LogP contribution in [0, 0.1) is 0 Å². The number of hydrogen-bond acceptors (Lipinski definition) is 8. The van der Waals surface area contributed by atoms with E-state index in [1.165, 1.54) is 6.33 Å².